The van der Waals surface area contributed by atoms with Gasteiger partial charge in [-0.25, -0.2) is 9.50 Å². The molecule has 0 radical (unpaired) electrons. The monoisotopic (exact) mass is 503 g/mol. The van der Waals surface area contributed by atoms with E-state index in [2.05, 4.69) is 57.3 Å². The molecule has 190 valence electrons. The second-order valence-electron chi connectivity index (χ2n) is 9.70. The molecule has 0 bridgehead atoms. The zero-order valence-electron chi connectivity index (χ0n) is 21.6. The molecule has 5 aromatic rings. The number of hydrogen-bond acceptors (Lipinski definition) is 7. The lowest BCUT2D eigenvalue weighted by molar-refractivity contribution is 0.249. The molecule has 6 rings (SSSR count). The number of aromatic nitrogens is 6. The fourth-order valence-corrected chi connectivity index (χ4v) is 5.02. The minimum absolute atomic E-state index is 0.504. The van der Waals surface area contributed by atoms with E-state index < -0.39 is 0 Å². The van der Waals surface area contributed by atoms with Crippen LogP contribution in [-0.2, 0) is 20.0 Å². The van der Waals surface area contributed by atoms with Crippen molar-refractivity contribution in [1.29, 1.82) is 5.26 Å². The first-order valence-electron chi connectivity index (χ1n) is 12.9. The van der Waals surface area contributed by atoms with E-state index in [1.165, 1.54) is 11.1 Å². The quantitative estimate of drug-likeness (QED) is 0.347. The van der Waals surface area contributed by atoms with Gasteiger partial charge in [-0.05, 0) is 23.6 Å². The third kappa shape index (κ3) is 4.62. The molecule has 4 aromatic heterocycles. The van der Waals surface area contributed by atoms with Crippen molar-refractivity contribution >= 4 is 11.3 Å². The summed E-state index contributed by atoms with van der Waals surface area (Å²) in [6.45, 7) is 6.93. The van der Waals surface area contributed by atoms with Crippen LogP contribution in [0.5, 0.6) is 0 Å². The number of piperazine rings is 1. The van der Waals surface area contributed by atoms with E-state index in [9.17, 15) is 5.26 Å². The Hall–Kier alpha value is -4.55. The molecule has 0 amide bonds. The van der Waals surface area contributed by atoms with Crippen LogP contribution in [0.1, 0.15) is 23.6 Å². The maximum absolute atomic E-state index is 9.67. The van der Waals surface area contributed by atoms with Crippen LogP contribution < -0.4 is 4.90 Å². The standard InChI is InChI=1S/C29H29N9/c1-3-21-4-6-22(7-5-21)18-36-8-10-37(11-9-36)28-17-31-27(16-32-28)26-12-23(25-15-33-35(2)19-25)20-38-29(26)24(13-30)14-34-38/h4-7,12,14-17,19-20H,3,8-11,18H2,1-2H3. The molecule has 1 fully saturated rings. The molecule has 0 unspecified atom stereocenters. The summed E-state index contributed by atoms with van der Waals surface area (Å²) in [6.07, 6.45) is 12.0. The van der Waals surface area contributed by atoms with Crippen LogP contribution in [0.4, 0.5) is 5.82 Å². The van der Waals surface area contributed by atoms with Crippen LogP contribution in [0.15, 0.2) is 67.5 Å². The van der Waals surface area contributed by atoms with Crippen LogP contribution >= 0.6 is 0 Å². The molecule has 1 aromatic carbocycles. The Balaban J connectivity index is 1.21. The highest BCUT2D eigenvalue weighted by Gasteiger charge is 2.20. The Morgan fingerprint density at radius 2 is 1.66 bits per heavy atom. The minimum atomic E-state index is 0.504. The third-order valence-corrected chi connectivity index (χ3v) is 7.22. The van der Waals surface area contributed by atoms with Crippen LogP contribution in [0, 0.1) is 11.3 Å². The first kappa shape index (κ1) is 23.8. The molecule has 0 saturated carbocycles. The molecule has 1 aliphatic heterocycles. The molecular weight excluding hydrogens is 474 g/mol. The van der Waals surface area contributed by atoms with Gasteiger partial charge in [-0.2, -0.15) is 15.5 Å². The lowest BCUT2D eigenvalue weighted by Crippen LogP contribution is -2.46. The largest absolute Gasteiger partial charge is 0.353 e. The highest BCUT2D eigenvalue weighted by Crippen LogP contribution is 2.31. The highest BCUT2D eigenvalue weighted by molar-refractivity contribution is 5.86. The van der Waals surface area contributed by atoms with E-state index in [-0.39, 0.29) is 0 Å². The molecule has 1 aliphatic rings. The van der Waals surface area contributed by atoms with Gasteiger partial charge in [0.25, 0.3) is 0 Å². The van der Waals surface area contributed by atoms with E-state index in [0.717, 1.165) is 67.2 Å². The molecule has 0 atom stereocenters. The number of nitrogens with zero attached hydrogens (tertiary/aromatic N) is 9. The second kappa shape index (κ2) is 10.1. The van der Waals surface area contributed by atoms with Crippen LogP contribution in [0.3, 0.4) is 0 Å². The van der Waals surface area contributed by atoms with Gasteiger partial charge < -0.3 is 4.90 Å². The number of rotatable bonds is 6. The number of nitriles is 1. The molecule has 0 aliphatic carbocycles. The Labute approximate surface area is 221 Å². The summed E-state index contributed by atoms with van der Waals surface area (Å²) in [5, 5.41) is 18.4. The smallest absolute Gasteiger partial charge is 0.147 e. The van der Waals surface area contributed by atoms with Crippen LogP contribution in [0.25, 0.3) is 27.9 Å². The zero-order valence-corrected chi connectivity index (χ0v) is 21.6. The van der Waals surface area contributed by atoms with Gasteiger partial charge in [0, 0.05) is 68.9 Å². The first-order valence-corrected chi connectivity index (χ1v) is 12.9. The zero-order chi connectivity index (χ0) is 26.1. The second-order valence-corrected chi connectivity index (χ2v) is 9.70. The summed E-state index contributed by atoms with van der Waals surface area (Å²) in [6, 6.07) is 13.2. The summed E-state index contributed by atoms with van der Waals surface area (Å²) in [4.78, 5) is 14.3. The Morgan fingerprint density at radius 3 is 2.32 bits per heavy atom. The van der Waals surface area contributed by atoms with Gasteiger partial charge in [-0.3, -0.25) is 14.6 Å². The summed E-state index contributed by atoms with van der Waals surface area (Å²) in [5.41, 5.74) is 7.40. The summed E-state index contributed by atoms with van der Waals surface area (Å²) < 4.78 is 3.50. The molecule has 0 N–H and O–H groups in total. The van der Waals surface area contributed by atoms with Crippen molar-refractivity contribution in [2.45, 2.75) is 19.9 Å². The Kier molecular flexibility index (Phi) is 6.32. The van der Waals surface area contributed by atoms with Gasteiger partial charge in [0.05, 0.1) is 41.6 Å². The topological polar surface area (TPSA) is 91.2 Å². The average molecular weight is 504 g/mol. The number of anilines is 1. The van der Waals surface area contributed by atoms with E-state index in [4.69, 9.17) is 9.97 Å². The first-order chi connectivity index (χ1) is 18.6. The maximum Gasteiger partial charge on any atom is 0.147 e. The predicted octanol–water partition coefficient (Wildman–Crippen LogP) is 3.95. The number of benzene rings is 1. The normalized spacial score (nSPS) is 14.2. The summed E-state index contributed by atoms with van der Waals surface area (Å²) in [5.74, 6) is 0.870. The third-order valence-electron chi connectivity index (χ3n) is 7.22. The molecule has 1 saturated heterocycles. The lowest BCUT2D eigenvalue weighted by atomic mass is 10.0. The Bertz CT molecular complexity index is 1600. The van der Waals surface area contributed by atoms with Gasteiger partial charge in [0.1, 0.15) is 11.9 Å². The van der Waals surface area contributed by atoms with Gasteiger partial charge in [-0.1, -0.05) is 31.2 Å². The lowest BCUT2D eigenvalue weighted by Gasteiger charge is -2.35. The number of fused-ring (bicyclic) bond motifs is 1. The molecule has 38 heavy (non-hydrogen) atoms. The molecule has 9 heteroatoms. The van der Waals surface area contributed by atoms with Crippen LogP contribution in [0.2, 0.25) is 0 Å². The van der Waals surface area contributed by atoms with Crippen molar-refractivity contribution in [2.24, 2.45) is 7.05 Å². The van der Waals surface area contributed by atoms with Crippen molar-refractivity contribution in [1.82, 2.24) is 34.3 Å². The van der Waals surface area contributed by atoms with E-state index in [1.54, 1.807) is 21.6 Å². The molecular formula is C29H29N9. The van der Waals surface area contributed by atoms with Crippen molar-refractivity contribution in [3.63, 3.8) is 0 Å². The van der Waals surface area contributed by atoms with Crippen molar-refractivity contribution in [3.05, 3.63) is 84.2 Å². The van der Waals surface area contributed by atoms with Gasteiger partial charge in [-0.15, -0.1) is 0 Å². The predicted molar refractivity (Wildman–Crippen MR) is 146 cm³/mol. The average Bonchev–Trinajstić information content (AvgIpc) is 3.59. The fourth-order valence-electron chi connectivity index (χ4n) is 5.02. The van der Waals surface area contributed by atoms with Crippen molar-refractivity contribution < 1.29 is 0 Å². The van der Waals surface area contributed by atoms with Gasteiger partial charge in [0.2, 0.25) is 0 Å². The number of pyridine rings is 1. The van der Waals surface area contributed by atoms with Crippen molar-refractivity contribution in [2.75, 3.05) is 31.1 Å². The SMILES string of the molecule is CCc1ccc(CN2CCN(c3cnc(-c4cc(-c5cnn(C)c5)cn5ncc(C#N)c45)cn3)CC2)cc1. The minimum Gasteiger partial charge on any atom is -0.353 e. The van der Waals surface area contributed by atoms with E-state index in [1.807, 2.05) is 37.9 Å². The molecule has 9 nitrogen and oxygen atoms in total. The summed E-state index contributed by atoms with van der Waals surface area (Å²) in [7, 11) is 1.89. The highest BCUT2D eigenvalue weighted by atomic mass is 15.3. The fraction of sp³-hybridized carbons (Fsp3) is 0.276. The van der Waals surface area contributed by atoms with E-state index in [0.29, 0.717) is 11.3 Å². The number of aryl methyl sites for hydroxylation is 2. The number of hydrogen-bond donors (Lipinski definition) is 0. The summed E-state index contributed by atoms with van der Waals surface area (Å²) >= 11 is 0. The van der Waals surface area contributed by atoms with Gasteiger partial charge in [0.15, 0.2) is 0 Å². The Morgan fingerprint density at radius 1 is 0.868 bits per heavy atom. The molecule has 0 spiro atoms. The van der Waals surface area contributed by atoms with Gasteiger partial charge >= 0.3 is 0 Å². The molecule has 5 heterocycles. The van der Waals surface area contributed by atoms with Crippen molar-refractivity contribution in [3.8, 4) is 28.5 Å². The maximum atomic E-state index is 9.67. The van der Waals surface area contributed by atoms with Crippen LogP contribution in [-0.4, -0.2) is 60.4 Å². The van der Waals surface area contributed by atoms with E-state index >= 15 is 0 Å².